The molecular formula is C23H22N4O3. The second kappa shape index (κ2) is 6.79. The molecule has 2 aromatic carbocycles. The molecule has 30 heavy (non-hydrogen) atoms. The van der Waals surface area contributed by atoms with Gasteiger partial charge in [-0.1, -0.05) is 12.1 Å². The monoisotopic (exact) mass is 402 g/mol. The van der Waals surface area contributed by atoms with Gasteiger partial charge in [-0.2, -0.15) is 0 Å². The summed E-state index contributed by atoms with van der Waals surface area (Å²) < 4.78 is 0. The highest BCUT2D eigenvalue weighted by atomic mass is 16.4. The summed E-state index contributed by atoms with van der Waals surface area (Å²) in [7, 11) is 0. The van der Waals surface area contributed by atoms with Crippen LogP contribution in [0.4, 0.5) is 5.95 Å². The number of hydrogen-bond acceptors (Lipinski definition) is 5. The van der Waals surface area contributed by atoms with Crippen LogP contribution in [0, 0.1) is 6.92 Å². The Morgan fingerprint density at radius 1 is 1.13 bits per heavy atom. The van der Waals surface area contributed by atoms with E-state index in [9.17, 15) is 14.7 Å². The fraction of sp³-hybridized carbons (Fsp3) is 0.304. The summed E-state index contributed by atoms with van der Waals surface area (Å²) in [6, 6.07) is 11.9. The normalized spacial score (nSPS) is 16.8. The zero-order valence-electron chi connectivity index (χ0n) is 16.6. The number of amides is 1. The Kier molecular flexibility index (Phi) is 4.20. The van der Waals surface area contributed by atoms with Crippen LogP contribution in [0.5, 0.6) is 0 Å². The van der Waals surface area contributed by atoms with Crippen molar-refractivity contribution in [3.63, 3.8) is 0 Å². The highest BCUT2D eigenvalue weighted by Crippen LogP contribution is 2.38. The first-order valence-electron chi connectivity index (χ1n) is 10.1. The van der Waals surface area contributed by atoms with Crippen LogP contribution >= 0.6 is 0 Å². The Morgan fingerprint density at radius 3 is 2.63 bits per heavy atom. The van der Waals surface area contributed by atoms with Crippen LogP contribution in [0.25, 0.3) is 22.0 Å². The number of anilines is 1. The average Bonchev–Trinajstić information content (AvgIpc) is 3.65. The number of carboxylic acids is 1. The number of benzene rings is 2. The number of nitrogens with one attached hydrogen (secondary N) is 2. The van der Waals surface area contributed by atoms with Gasteiger partial charge < -0.3 is 15.7 Å². The van der Waals surface area contributed by atoms with Crippen LogP contribution < -0.4 is 10.6 Å². The van der Waals surface area contributed by atoms with Crippen molar-refractivity contribution in [3.8, 4) is 11.1 Å². The van der Waals surface area contributed by atoms with Crippen LogP contribution in [0.3, 0.4) is 0 Å². The van der Waals surface area contributed by atoms with Gasteiger partial charge in [-0.3, -0.25) is 4.79 Å². The number of aryl methyl sites for hydroxylation is 1. The quantitative estimate of drug-likeness (QED) is 0.583. The van der Waals surface area contributed by atoms with E-state index in [-0.39, 0.29) is 5.91 Å². The van der Waals surface area contributed by atoms with E-state index in [1.54, 1.807) is 6.20 Å². The summed E-state index contributed by atoms with van der Waals surface area (Å²) in [5.41, 5.74) is 3.51. The topological polar surface area (TPSA) is 104 Å². The molecule has 0 radical (unpaired) electrons. The Labute approximate surface area is 173 Å². The van der Waals surface area contributed by atoms with Crippen LogP contribution in [0.15, 0.2) is 42.6 Å². The van der Waals surface area contributed by atoms with Gasteiger partial charge in [0.2, 0.25) is 5.95 Å². The first kappa shape index (κ1) is 18.5. The molecule has 3 aromatic rings. The number of aliphatic carboxylic acids is 1. The van der Waals surface area contributed by atoms with E-state index < -0.39 is 11.5 Å². The number of rotatable bonds is 6. The molecule has 7 nitrogen and oxygen atoms in total. The van der Waals surface area contributed by atoms with Gasteiger partial charge in [0.05, 0.1) is 5.52 Å². The van der Waals surface area contributed by atoms with Crippen molar-refractivity contribution in [2.75, 3.05) is 5.32 Å². The Bertz CT molecular complexity index is 1180. The molecule has 1 aromatic heterocycles. The molecule has 7 heteroatoms. The highest BCUT2D eigenvalue weighted by molar-refractivity contribution is 5.96. The van der Waals surface area contributed by atoms with E-state index in [4.69, 9.17) is 0 Å². The molecule has 2 saturated carbocycles. The second-order valence-corrected chi connectivity index (χ2v) is 8.26. The lowest BCUT2D eigenvalue weighted by atomic mass is 9.97. The summed E-state index contributed by atoms with van der Waals surface area (Å²) >= 11 is 0. The van der Waals surface area contributed by atoms with Gasteiger partial charge in [0.25, 0.3) is 5.91 Å². The molecule has 0 aliphatic heterocycles. The van der Waals surface area contributed by atoms with Crippen molar-refractivity contribution in [2.45, 2.75) is 44.2 Å². The molecule has 0 saturated heterocycles. The molecule has 2 fully saturated rings. The first-order chi connectivity index (χ1) is 14.4. The van der Waals surface area contributed by atoms with Gasteiger partial charge in [0.15, 0.2) is 0 Å². The number of nitrogens with zero attached hydrogens (tertiary/aromatic N) is 2. The molecule has 0 spiro atoms. The van der Waals surface area contributed by atoms with Gasteiger partial charge in [0.1, 0.15) is 5.54 Å². The lowest BCUT2D eigenvalue weighted by Crippen LogP contribution is -2.32. The lowest BCUT2D eigenvalue weighted by Gasteiger charge is -2.13. The van der Waals surface area contributed by atoms with E-state index >= 15 is 0 Å². The van der Waals surface area contributed by atoms with Crippen molar-refractivity contribution in [2.24, 2.45) is 0 Å². The molecule has 1 amide bonds. The maximum absolute atomic E-state index is 12.4. The summed E-state index contributed by atoms with van der Waals surface area (Å²) in [5.74, 6) is -0.585. The Hall–Kier alpha value is -3.48. The molecule has 5 rings (SSSR count). The van der Waals surface area contributed by atoms with E-state index in [0.29, 0.717) is 30.4 Å². The predicted molar refractivity (Wildman–Crippen MR) is 113 cm³/mol. The van der Waals surface area contributed by atoms with Crippen molar-refractivity contribution >= 4 is 28.7 Å². The van der Waals surface area contributed by atoms with E-state index in [1.165, 1.54) is 0 Å². The maximum Gasteiger partial charge on any atom is 0.329 e. The van der Waals surface area contributed by atoms with Gasteiger partial charge in [-0.15, -0.1) is 0 Å². The van der Waals surface area contributed by atoms with Crippen molar-refractivity contribution in [1.29, 1.82) is 0 Å². The van der Waals surface area contributed by atoms with Crippen LogP contribution in [0.2, 0.25) is 0 Å². The summed E-state index contributed by atoms with van der Waals surface area (Å²) in [5, 5.41) is 16.2. The van der Waals surface area contributed by atoms with E-state index in [1.807, 2.05) is 43.3 Å². The minimum atomic E-state index is -0.924. The predicted octanol–water partition coefficient (Wildman–Crippen LogP) is 3.53. The maximum atomic E-state index is 12.4. The van der Waals surface area contributed by atoms with Crippen LogP contribution in [-0.2, 0) is 4.79 Å². The molecule has 0 atom stereocenters. The molecule has 0 bridgehead atoms. The van der Waals surface area contributed by atoms with Crippen molar-refractivity contribution < 1.29 is 14.7 Å². The number of fused-ring (bicyclic) bond motifs is 1. The third kappa shape index (κ3) is 3.47. The second-order valence-electron chi connectivity index (χ2n) is 8.26. The summed E-state index contributed by atoms with van der Waals surface area (Å²) in [4.78, 5) is 32.6. The molecule has 152 valence electrons. The van der Waals surface area contributed by atoms with E-state index in [2.05, 4.69) is 20.6 Å². The van der Waals surface area contributed by atoms with E-state index in [0.717, 1.165) is 40.4 Å². The standard InChI is InChI=1S/C23H22N4O3/c1-13-2-3-15(20(28)25-17-5-6-17)11-18(13)14-4-7-19-16(10-14)12-24-22(26-19)27-23(8-9-23)21(29)30/h2-4,7,10-12,17H,5-6,8-9H2,1H3,(H,25,28)(H,29,30)(H,24,26,27). The lowest BCUT2D eigenvalue weighted by molar-refractivity contribution is -0.138. The molecular weight excluding hydrogens is 380 g/mol. The zero-order valence-corrected chi connectivity index (χ0v) is 16.6. The minimum Gasteiger partial charge on any atom is -0.480 e. The SMILES string of the molecule is Cc1ccc(C(=O)NC2CC2)cc1-c1ccc2nc(NC3(C(=O)O)CC3)ncc2c1. The molecule has 3 N–H and O–H groups in total. The van der Waals surface area contributed by atoms with Crippen molar-refractivity contribution in [1.82, 2.24) is 15.3 Å². The van der Waals surface area contributed by atoms with Gasteiger partial charge in [-0.25, -0.2) is 14.8 Å². The molecule has 1 heterocycles. The van der Waals surface area contributed by atoms with Gasteiger partial charge in [-0.05, 0) is 73.6 Å². The fourth-order valence-electron chi connectivity index (χ4n) is 3.56. The average molecular weight is 402 g/mol. The van der Waals surface area contributed by atoms with Crippen molar-refractivity contribution in [3.05, 3.63) is 53.7 Å². The Morgan fingerprint density at radius 2 is 1.93 bits per heavy atom. The number of carbonyl (C=O) groups excluding carboxylic acids is 1. The summed E-state index contributed by atoms with van der Waals surface area (Å²) in [6.07, 6.45) is 4.96. The minimum absolute atomic E-state index is 0.0361. The number of aromatic nitrogens is 2. The molecule has 2 aliphatic carbocycles. The fourth-order valence-corrected chi connectivity index (χ4v) is 3.56. The van der Waals surface area contributed by atoms with Gasteiger partial charge in [0, 0.05) is 23.2 Å². The first-order valence-corrected chi connectivity index (χ1v) is 10.1. The van der Waals surface area contributed by atoms with Crippen LogP contribution in [0.1, 0.15) is 41.6 Å². The smallest absolute Gasteiger partial charge is 0.329 e. The van der Waals surface area contributed by atoms with Gasteiger partial charge >= 0.3 is 5.97 Å². The molecule has 0 unspecified atom stereocenters. The highest BCUT2D eigenvalue weighted by Gasteiger charge is 2.51. The molecule has 2 aliphatic rings. The number of carboxylic acid groups (broad SMARTS) is 1. The largest absolute Gasteiger partial charge is 0.480 e. The summed E-state index contributed by atoms with van der Waals surface area (Å²) in [6.45, 7) is 2.02. The third-order valence-electron chi connectivity index (χ3n) is 5.81. The number of carbonyl (C=O) groups is 2. The Balaban J connectivity index is 1.44. The zero-order chi connectivity index (χ0) is 20.9. The third-order valence-corrected chi connectivity index (χ3v) is 5.81. The van der Waals surface area contributed by atoms with Crippen LogP contribution in [-0.4, -0.2) is 38.5 Å². The number of hydrogen-bond donors (Lipinski definition) is 3.